The van der Waals surface area contributed by atoms with E-state index in [9.17, 15) is 21.6 Å². The maximum Gasteiger partial charge on any atom is 0.255 e. The number of rotatable bonds is 7. The van der Waals surface area contributed by atoms with Crippen LogP contribution >= 0.6 is 0 Å². The molecule has 0 radical (unpaired) electrons. The number of carbonyl (C=O) groups excluding carboxylic acids is 1. The van der Waals surface area contributed by atoms with Crippen molar-refractivity contribution in [3.05, 3.63) is 48.0 Å². The summed E-state index contributed by atoms with van der Waals surface area (Å²) >= 11 is 0. The van der Waals surface area contributed by atoms with E-state index in [0.29, 0.717) is 17.2 Å². The third-order valence-electron chi connectivity index (χ3n) is 4.62. The second kappa shape index (κ2) is 8.62. The Morgan fingerprint density at radius 1 is 1.10 bits per heavy atom. The average molecular weight is 455 g/mol. The van der Waals surface area contributed by atoms with Gasteiger partial charge in [0.15, 0.2) is 9.84 Å². The number of anilines is 1. The van der Waals surface area contributed by atoms with Crippen molar-refractivity contribution in [2.45, 2.75) is 17.4 Å². The van der Waals surface area contributed by atoms with E-state index in [-0.39, 0.29) is 28.4 Å². The first-order valence-electron chi connectivity index (χ1n) is 9.00. The normalized spacial score (nSPS) is 18.0. The van der Waals surface area contributed by atoms with Crippen LogP contribution in [0.4, 0.5) is 5.69 Å². The zero-order valence-corrected chi connectivity index (χ0v) is 18.0. The Morgan fingerprint density at radius 2 is 1.87 bits per heavy atom. The van der Waals surface area contributed by atoms with Crippen LogP contribution in [0.25, 0.3) is 0 Å². The van der Waals surface area contributed by atoms with Crippen LogP contribution < -0.4 is 19.5 Å². The van der Waals surface area contributed by atoms with Crippen LogP contribution in [0.5, 0.6) is 11.5 Å². The van der Waals surface area contributed by atoms with Gasteiger partial charge in [0.05, 0.1) is 36.3 Å². The quantitative estimate of drug-likeness (QED) is 0.648. The number of sulfonamides is 1. The van der Waals surface area contributed by atoms with Gasteiger partial charge in [-0.2, -0.15) is 0 Å². The molecule has 0 spiro atoms. The molecule has 0 saturated carbocycles. The van der Waals surface area contributed by atoms with Crippen LogP contribution in [0.15, 0.2) is 47.4 Å². The largest absolute Gasteiger partial charge is 0.497 e. The lowest BCUT2D eigenvalue weighted by Gasteiger charge is -2.14. The lowest BCUT2D eigenvalue weighted by atomic mass is 10.2. The van der Waals surface area contributed by atoms with Gasteiger partial charge >= 0.3 is 0 Å². The zero-order valence-electron chi connectivity index (χ0n) is 16.4. The first-order chi connectivity index (χ1) is 14.1. The van der Waals surface area contributed by atoms with Crippen molar-refractivity contribution >= 4 is 31.5 Å². The Kier molecular flexibility index (Phi) is 6.34. The summed E-state index contributed by atoms with van der Waals surface area (Å²) in [6.45, 7) is 0. The molecule has 9 nitrogen and oxygen atoms in total. The van der Waals surface area contributed by atoms with E-state index in [1.54, 1.807) is 18.2 Å². The molecular weight excluding hydrogens is 432 g/mol. The zero-order chi connectivity index (χ0) is 21.9. The lowest BCUT2D eigenvalue weighted by Crippen LogP contribution is -2.35. The summed E-state index contributed by atoms with van der Waals surface area (Å²) in [4.78, 5) is 12.6. The summed E-state index contributed by atoms with van der Waals surface area (Å²) in [7, 11) is -4.27. The predicted molar refractivity (Wildman–Crippen MR) is 111 cm³/mol. The van der Waals surface area contributed by atoms with E-state index in [0.717, 1.165) is 0 Å². The van der Waals surface area contributed by atoms with Crippen molar-refractivity contribution in [3.8, 4) is 11.5 Å². The molecule has 1 amide bonds. The van der Waals surface area contributed by atoms with Crippen LogP contribution in [-0.4, -0.2) is 54.5 Å². The highest BCUT2D eigenvalue weighted by molar-refractivity contribution is 7.92. The number of nitrogens with one attached hydrogen (secondary N) is 2. The van der Waals surface area contributed by atoms with Crippen LogP contribution in [0.2, 0.25) is 0 Å². The van der Waals surface area contributed by atoms with Crippen LogP contribution in [0.1, 0.15) is 16.8 Å². The SMILES string of the molecule is COc1ccc(OC)c(NC(=O)c2cccc(S(=O)(=O)NC3CCS(=O)(=O)C3)c2)c1. The molecule has 3 rings (SSSR count). The van der Waals surface area contributed by atoms with Gasteiger partial charge in [0, 0.05) is 17.7 Å². The summed E-state index contributed by atoms with van der Waals surface area (Å²) in [5.74, 6) is 0.102. The Balaban J connectivity index is 1.80. The Bertz CT molecular complexity index is 1160. The minimum Gasteiger partial charge on any atom is -0.497 e. The summed E-state index contributed by atoms with van der Waals surface area (Å²) in [6, 6.07) is 9.70. The van der Waals surface area contributed by atoms with Gasteiger partial charge in [0.2, 0.25) is 10.0 Å². The standard InChI is InChI=1S/C19H22N2O7S2/c1-27-15-6-7-18(28-2)17(11-15)20-19(22)13-4-3-5-16(10-13)30(25,26)21-14-8-9-29(23,24)12-14/h3-7,10-11,14,21H,8-9,12H2,1-2H3,(H,20,22). The van der Waals surface area contributed by atoms with Crippen molar-refractivity contribution in [2.75, 3.05) is 31.0 Å². The van der Waals surface area contributed by atoms with E-state index in [1.807, 2.05) is 0 Å². The minimum absolute atomic E-state index is 0.0506. The smallest absolute Gasteiger partial charge is 0.255 e. The second-order valence-corrected chi connectivity index (χ2v) is 10.7. The summed E-state index contributed by atoms with van der Waals surface area (Å²) < 4.78 is 61.2. The molecule has 162 valence electrons. The third-order valence-corrected chi connectivity index (χ3v) is 7.90. The van der Waals surface area contributed by atoms with E-state index in [1.165, 1.54) is 38.5 Å². The van der Waals surface area contributed by atoms with E-state index in [4.69, 9.17) is 9.47 Å². The molecule has 0 aromatic heterocycles. The van der Waals surface area contributed by atoms with Gasteiger partial charge in [-0.25, -0.2) is 21.6 Å². The highest BCUT2D eigenvalue weighted by Gasteiger charge is 2.31. The van der Waals surface area contributed by atoms with Crippen molar-refractivity contribution in [1.82, 2.24) is 4.72 Å². The number of hydrogen-bond acceptors (Lipinski definition) is 7. The molecule has 1 heterocycles. The molecule has 1 unspecified atom stereocenters. The molecule has 30 heavy (non-hydrogen) atoms. The van der Waals surface area contributed by atoms with Gasteiger partial charge < -0.3 is 14.8 Å². The molecule has 1 aliphatic rings. The number of hydrogen-bond donors (Lipinski definition) is 2. The monoisotopic (exact) mass is 454 g/mol. The van der Waals surface area contributed by atoms with Crippen LogP contribution in [-0.2, 0) is 19.9 Å². The van der Waals surface area contributed by atoms with Gasteiger partial charge in [-0.1, -0.05) is 6.07 Å². The number of methoxy groups -OCH3 is 2. The van der Waals surface area contributed by atoms with E-state index in [2.05, 4.69) is 10.0 Å². The molecule has 1 fully saturated rings. The van der Waals surface area contributed by atoms with Gasteiger partial charge in [-0.05, 0) is 36.8 Å². The van der Waals surface area contributed by atoms with Crippen molar-refractivity contribution in [3.63, 3.8) is 0 Å². The molecule has 0 aliphatic carbocycles. The summed E-state index contributed by atoms with van der Waals surface area (Å²) in [5.41, 5.74) is 0.478. The average Bonchev–Trinajstić information content (AvgIpc) is 3.05. The van der Waals surface area contributed by atoms with Crippen molar-refractivity contribution < 1.29 is 31.1 Å². The Morgan fingerprint density at radius 3 is 2.50 bits per heavy atom. The molecule has 1 saturated heterocycles. The molecular formula is C19H22N2O7S2. The highest BCUT2D eigenvalue weighted by Crippen LogP contribution is 2.29. The number of amides is 1. The fourth-order valence-corrected chi connectivity index (χ4v) is 6.18. The van der Waals surface area contributed by atoms with Gasteiger partial charge in [0.1, 0.15) is 11.5 Å². The number of benzene rings is 2. The summed E-state index contributed by atoms with van der Waals surface area (Å²) in [5, 5.41) is 2.68. The van der Waals surface area contributed by atoms with Crippen LogP contribution in [0.3, 0.4) is 0 Å². The lowest BCUT2D eigenvalue weighted by molar-refractivity contribution is 0.102. The van der Waals surface area contributed by atoms with E-state index >= 15 is 0 Å². The molecule has 2 N–H and O–H groups in total. The van der Waals surface area contributed by atoms with Gasteiger partial charge in [-0.15, -0.1) is 0 Å². The number of sulfone groups is 1. The number of carbonyl (C=O) groups is 1. The Labute approximate surface area is 175 Å². The Hall–Kier alpha value is -2.63. The number of ether oxygens (including phenoxy) is 2. The summed E-state index contributed by atoms with van der Waals surface area (Å²) in [6.07, 6.45) is 0.220. The fourth-order valence-electron chi connectivity index (χ4n) is 3.09. The van der Waals surface area contributed by atoms with Crippen LogP contribution in [0, 0.1) is 0 Å². The first-order valence-corrected chi connectivity index (χ1v) is 12.3. The van der Waals surface area contributed by atoms with Gasteiger partial charge in [-0.3, -0.25) is 4.79 Å². The second-order valence-electron chi connectivity index (χ2n) is 6.77. The topological polar surface area (TPSA) is 128 Å². The van der Waals surface area contributed by atoms with Crippen molar-refractivity contribution in [2.24, 2.45) is 0 Å². The molecule has 2 aromatic rings. The van der Waals surface area contributed by atoms with E-state index < -0.39 is 31.8 Å². The van der Waals surface area contributed by atoms with Crippen molar-refractivity contribution in [1.29, 1.82) is 0 Å². The first kappa shape index (κ1) is 22.1. The highest BCUT2D eigenvalue weighted by atomic mass is 32.2. The third kappa shape index (κ3) is 5.10. The molecule has 1 atom stereocenters. The predicted octanol–water partition coefficient (Wildman–Crippen LogP) is 1.42. The maximum atomic E-state index is 12.7. The van der Waals surface area contributed by atoms with Gasteiger partial charge in [0.25, 0.3) is 5.91 Å². The molecule has 2 aromatic carbocycles. The maximum absolute atomic E-state index is 12.7. The molecule has 0 bridgehead atoms. The molecule has 11 heteroatoms. The molecule has 1 aliphatic heterocycles. The fraction of sp³-hybridized carbons (Fsp3) is 0.316. The minimum atomic E-state index is -3.99.